The van der Waals surface area contributed by atoms with Gasteiger partial charge in [-0.2, -0.15) is 0 Å². The Balaban J connectivity index is 1.04. The molecule has 0 aromatic heterocycles. The first-order valence-corrected chi connectivity index (χ1v) is 34.0. The molecule has 0 saturated carbocycles. The van der Waals surface area contributed by atoms with Gasteiger partial charge in [-0.3, -0.25) is 0 Å². The second-order valence-corrected chi connectivity index (χ2v) is 32.2. The van der Waals surface area contributed by atoms with Crippen molar-refractivity contribution in [1.82, 2.24) is 0 Å². The highest BCUT2D eigenvalue weighted by molar-refractivity contribution is 6.77. The Bertz CT molecular complexity index is 8340. The van der Waals surface area contributed by atoms with E-state index in [2.05, 4.69) is 48.5 Å². The molecule has 0 spiro atoms. The molecule has 0 bridgehead atoms. The molecule has 11 aliphatic rings. The lowest BCUT2D eigenvalue weighted by molar-refractivity contribution is 0.00752. The fourth-order valence-electron chi connectivity index (χ4n) is 30.5. The Morgan fingerprint density at radius 3 is 0.552 bits per heavy atom. The van der Waals surface area contributed by atoms with E-state index in [9.17, 15) is 0 Å². The molecule has 422 valence electrons. The molecule has 26 aromatic carbocycles. The van der Waals surface area contributed by atoms with Gasteiger partial charge in [-0.1, -0.05) is 60.7 Å². The minimum atomic E-state index is -1.97. The second-order valence-electron chi connectivity index (χ2n) is 32.2. The van der Waals surface area contributed by atoms with Crippen molar-refractivity contribution < 1.29 is 27.1 Å². The average Bonchev–Trinajstić information content (AvgIpc) is 1.37. The number of hydrogen-bond acceptors (Lipinski definition) is 1. The maximum absolute atomic E-state index is 17.5. The zero-order chi connectivity index (χ0) is 60.1. The van der Waals surface area contributed by atoms with Crippen molar-refractivity contribution in [1.29, 1.82) is 0 Å². The number of rotatable bonds is 5. The van der Waals surface area contributed by atoms with Gasteiger partial charge in [-0.15, -0.1) is 0 Å². The molecule has 0 fully saturated rings. The number of aliphatic hydroxyl groups is 1. The Kier molecular flexibility index (Phi) is 4.41. The Morgan fingerprint density at radius 1 is 0.177 bits per heavy atom. The van der Waals surface area contributed by atoms with Crippen LogP contribution in [-0.4, -0.2) is 5.11 Å². The van der Waals surface area contributed by atoms with Crippen molar-refractivity contribution >= 4 is 215 Å². The average molecular weight is 1210 g/mol. The molecule has 4 atom stereocenters. The van der Waals surface area contributed by atoms with Gasteiger partial charge in [-0.05, 0) is 371 Å². The van der Waals surface area contributed by atoms with E-state index >= 15 is 27.1 Å². The maximum atomic E-state index is 17.5. The molecule has 96 heavy (non-hydrogen) atoms. The van der Waals surface area contributed by atoms with E-state index in [1.807, 2.05) is 12.1 Å². The smallest absolute Gasteiger partial charge is 0.134 e. The summed E-state index contributed by atoms with van der Waals surface area (Å²) < 4.78 is 84.5. The standard InChI is InChI=1S/C90H21F5O/c91-26-11-1-21(2-12-26)85-71-61-51-41-36-31-32-34-35-33(31)38-44-42(36)52(51)62-64-54(44)56-46(38)48-40(35)50-49-39(34)47-45-37(32)43(41)53-55(45)65-67-57(47)59(49)69-70-60(50)58(48)68-66(56)76-74(64)86(72(62)71,22-3-13-27(92)14-4-22)82-81(85)83-87(75(65)73(85)63(53)61,23-5-15-28(93)16-6-23)77(67)79(69)90(96)80(70)78(68)88(76,24-7-17-29(94)18-8-24)84(82)89(83,90)25-9-19-30(95)20-10-25/h1-20,96H. The van der Waals surface area contributed by atoms with Gasteiger partial charge >= 0.3 is 0 Å². The third kappa shape index (κ3) is 2.54. The topological polar surface area (TPSA) is 20.2 Å². The van der Waals surface area contributed by atoms with Gasteiger partial charge in [0.25, 0.3) is 0 Å². The lowest BCUT2D eigenvalue weighted by Gasteiger charge is -2.65. The van der Waals surface area contributed by atoms with Crippen LogP contribution >= 0.6 is 0 Å². The first-order chi connectivity index (χ1) is 47.2. The molecular formula is C90H21F5O. The summed E-state index contributed by atoms with van der Waals surface area (Å²) in [5.74, 6) is -1.81. The highest BCUT2D eigenvalue weighted by Gasteiger charge is 2.87. The number of benzene rings is 20. The van der Waals surface area contributed by atoms with Gasteiger partial charge in [0.1, 0.15) is 34.7 Å². The highest BCUT2D eigenvalue weighted by atomic mass is 19.1. The van der Waals surface area contributed by atoms with Crippen molar-refractivity contribution in [2.24, 2.45) is 0 Å². The highest BCUT2D eigenvalue weighted by Crippen LogP contribution is 2.94. The molecule has 0 radical (unpaired) electrons. The summed E-state index contributed by atoms with van der Waals surface area (Å²) in [5.41, 5.74) is 10.8. The van der Waals surface area contributed by atoms with Crippen LogP contribution in [0.5, 0.6) is 0 Å². The van der Waals surface area contributed by atoms with Crippen LogP contribution in [0.25, 0.3) is 215 Å². The van der Waals surface area contributed by atoms with Gasteiger partial charge in [0, 0.05) is 11.1 Å². The fourth-order valence-corrected chi connectivity index (χ4v) is 30.5. The van der Waals surface area contributed by atoms with Gasteiger partial charge in [0.15, 0.2) is 0 Å². The summed E-state index contributed by atoms with van der Waals surface area (Å²) in [4.78, 5) is 0. The lowest BCUT2D eigenvalue weighted by atomic mass is 9.37. The zero-order valence-electron chi connectivity index (χ0n) is 48.9. The molecule has 0 saturated heterocycles. The molecule has 4 unspecified atom stereocenters. The van der Waals surface area contributed by atoms with Crippen LogP contribution in [0.3, 0.4) is 0 Å². The molecule has 0 amide bonds. The molecule has 37 rings (SSSR count). The molecule has 6 heteroatoms. The van der Waals surface area contributed by atoms with Crippen molar-refractivity contribution in [2.45, 2.75) is 32.7 Å². The molecule has 26 aromatic rings. The Hall–Kier alpha value is -11.3. The van der Waals surface area contributed by atoms with Crippen molar-refractivity contribution in [3.63, 3.8) is 0 Å². The van der Waals surface area contributed by atoms with Gasteiger partial charge in [0.2, 0.25) is 0 Å². The predicted molar refractivity (Wildman–Crippen MR) is 368 cm³/mol. The summed E-state index contributed by atoms with van der Waals surface area (Å²) in [6.45, 7) is 0. The van der Waals surface area contributed by atoms with E-state index in [-0.39, 0.29) is 23.3 Å². The van der Waals surface area contributed by atoms with E-state index in [0.29, 0.717) is 0 Å². The fraction of sp³-hybridized carbons (Fsp3) is 0.0667. The number of allylic oxidation sites excluding steroid dienone is 2. The van der Waals surface area contributed by atoms with Crippen LogP contribution in [0.2, 0.25) is 0 Å². The monoisotopic (exact) mass is 1210 g/mol. The number of halogens is 5. The van der Waals surface area contributed by atoms with Crippen molar-refractivity contribution in [3.8, 4) is 0 Å². The van der Waals surface area contributed by atoms with Crippen LogP contribution < -0.4 is 0 Å². The van der Waals surface area contributed by atoms with Crippen molar-refractivity contribution in [2.75, 3.05) is 0 Å². The maximum Gasteiger partial charge on any atom is 0.134 e. The first-order valence-electron chi connectivity index (χ1n) is 34.0. The quantitative estimate of drug-likeness (QED) is 0.135. The summed E-state index contributed by atoms with van der Waals surface area (Å²) >= 11 is 0. The summed E-state index contributed by atoms with van der Waals surface area (Å²) in [7, 11) is 0. The normalized spacial score (nSPS) is 26.6. The molecule has 1 N–H and O–H groups in total. The third-order valence-electron chi connectivity index (χ3n) is 31.2. The first kappa shape index (κ1) is 41.4. The van der Waals surface area contributed by atoms with Gasteiger partial charge in [-0.25, -0.2) is 22.0 Å². The van der Waals surface area contributed by atoms with Crippen LogP contribution in [0.4, 0.5) is 22.0 Å². The van der Waals surface area contributed by atoms with Gasteiger partial charge < -0.3 is 5.11 Å². The van der Waals surface area contributed by atoms with E-state index in [0.717, 1.165) is 83.1 Å². The van der Waals surface area contributed by atoms with Crippen molar-refractivity contribution in [3.05, 3.63) is 256 Å². The Labute approximate surface area is 528 Å². The van der Waals surface area contributed by atoms with E-state index < -0.39 is 38.5 Å². The van der Waals surface area contributed by atoms with E-state index in [1.54, 1.807) is 60.7 Å². The SMILES string of the molecule is OC12c3c4c5c6c7c8c9c%10c%11c%12c%13c%14c%15c%16c%17c%18c(c1c1c3c3c5c5c%19c6c9c6c9c%10c%13c%10c%13c%14c%17c%14c%17c%18c1c1c3c5c3c(c6%19)c(c9%10)c(c%13%14)c3c%171)C%16(c1ccc(F)cc1)C1=C(C(=C(C74c3ccc(F)cc3)C12c1ccc(F)cc1)C%118c1ccc(F)cc1)C%12%15c1ccc(F)cc1. The molecule has 11 aliphatic carbocycles. The summed E-state index contributed by atoms with van der Waals surface area (Å²) in [5, 5.41) is 69.6. The summed E-state index contributed by atoms with van der Waals surface area (Å²) in [6.07, 6.45) is 0. The lowest BCUT2D eigenvalue weighted by Crippen LogP contribution is -2.66. The predicted octanol–water partition coefficient (Wildman–Crippen LogP) is 21.1. The van der Waals surface area contributed by atoms with Crippen LogP contribution in [0, 0.1) is 29.1 Å². The molecule has 0 heterocycles. The van der Waals surface area contributed by atoms with Gasteiger partial charge in [0.05, 0.1) is 27.1 Å². The largest absolute Gasteiger partial charge is 0.379 e. The van der Waals surface area contributed by atoms with Crippen LogP contribution in [0.15, 0.2) is 144 Å². The minimum Gasteiger partial charge on any atom is -0.379 e. The van der Waals surface area contributed by atoms with Crippen LogP contribution in [-0.2, 0) is 32.7 Å². The third-order valence-corrected chi connectivity index (χ3v) is 31.2. The summed E-state index contributed by atoms with van der Waals surface area (Å²) in [6, 6.07) is 37.1. The van der Waals surface area contributed by atoms with E-state index in [1.165, 1.54) is 238 Å². The molecular weight excluding hydrogens is 1190 g/mol. The molecule has 1 nitrogen and oxygen atoms in total. The molecule has 0 aliphatic heterocycles. The second kappa shape index (κ2) is 10.2. The minimum absolute atomic E-state index is 0.346. The zero-order valence-corrected chi connectivity index (χ0v) is 48.9. The Morgan fingerprint density at radius 2 is 0.333 bits per heavy atom. The number of hydrogen-bond donors (Lipinski definition) is 1. The van der Waals surface area contributed by atoms with Crippen LogP contribution in [0.1, 0.15) is 83.5 Å². The van der Waals surface area contributed by atoms with E-state index in [4.69, 9.17) is 0 Å².